The van der Waals surface area contributed by atoms with Gasteiger partial charge in [0.05, 0.1) is 40.3 Å². The first-order valence-corrected chi connectivity index (χ1v) is 8.21. The third kappa shape index (κ3) is 3.83. The lowest BCUT2D eigenvalue weighted by molar-refractivity contribution is -0.141. The summed E-state index contributed by atoms with van der Waals surface area (Å²) in [5.41, 5.74) is 2.05. The molecule has 0 aliphatic rings. The maximum Gasteiger partial charge on any atom is 0.312 e. The quantitative estimate of drug-likeness (QED) is 0.599. The predicted molar refractivity (Wildman–Crippen MR) is 96.5 cm³/mol. The molecule has 0 N–H and O–H groups in total. The Bertz CT molecular complexity index is 930. The van der Waals surface area contributed by atoms with Gasteiger partial charge in [0, 0.05) is 0 Å². The topological polar surface area (TPSA) is 61.3 Å². The normalized spacial score (nSPS) is 12.0. The minimum absolute atomic E-state index is 0.287. The molecule has 0 amide bonds. The van der Waals surface area contributed by atoms with E-state index in [2.05, 4.69) is 9.97 Å². The third-order valence-corrected chi connectivity index (χ3v) is 4.44. The van der Waals surface area contributed by atoms with Crippen LogP contribution in [0.25, 0.3) is 11.0 Å². The van der Waals surface area contributed by atoms with Crippen molar-refractivity contribution >= 4 is 40.2 Å². The van der Waals surface area contributed by atoms with Gasteiger partial charge in [-0.15, -0.1) is 0 Å². The van der Waals surface area contributed by atoms with Crippen LogP contribution in [-0.2, 0) is 9.53 Å². The van der Waals surface area contributed by atoms with Crippen molar-refractivity contribution < 1.29 is 14.3 Å². The van der Waals surface area contributed by atoms with Gasteiger partial charge in [0.25, 0.3) is 0 Å². The number of benzene rings is 2. The van der Waals surface area contributed by atoms with Crippen LogP contribution >= 0.6 is 23.2 Å². The number of halogens is 2. The van der Waals surface area contributed by atoms with Crippen LogP contribution in [0.4, 0.5) is 0 Å². The van der Waals surface area contributed by atoms with Crippen LogP contribution in [0, 0.1) is 0 Å². The molecule has 128 valence electrons. The molecule has 25 heavy (non-hydrogen) atoms. The van der Waals surface area contributed by atoms with Gasteiger partial charge >= 0.3 is 5.97 Å². The summed E-state index contributed by atoms with van der Waals surface area (Å²) in [5.74, 6) is 0.283. The van der Waals surface area contributed by atoms with Gasteiger partial charge in [0.1, 0.15) is 5.75 Å². The Hall–Kier alpha value is -2.37. The van der Waals surface area contributed by atoms with E-state index in [0.29, 0.717) is 32.7 Å². The van der Waals surface area contributed by atoms with Crippen LogP contribution in [0.3, 0.4) is 0 Å². The Morgan fingerprint density at radius 2 is 1.72 bits per heavy atom. The number of nitrogens with zero attached hydrogens (tertiary/aromatic N) is 2. The van der Waals surface area contributed by atoms with Crippen molar-refractivity contribution in [2.75, 3.05) is 7.11 Å². The highest BCUT2D eigenvalue weighted by Gasteiger charge is 2.15. The van der Waals surface area contributed by atoms with Crippen molar-refractivity contribution in [3.05, 3.63) is 58.2 Å². The van der Waals surface area contributed by atoms with Gasteiger partial charge in [-0.05, 0) is 36.8 Å². The van der Waals surface area contributed by atoms with E-state index in [1.54, 1.807) is 31.2 Å². The number of carbonyl (C=O) groups excluding carboxylic acids is 1. The smallest absolute Gasteiger partial charge is 0.312 e. The number of aromatic nitrogens is 2. The number of methoxy groups -OCH3 is 1. The molecule has 1 atom stereocenters. The summed E-state index contributed by atoms with van der Waals surface area (Å²) in [6, 6.07) is 10.4. The fourth-order valence-electron chi connectivity index (χ4n) is 2.30. The first-order chi connectivity index (χ1) is 12.0. The minimum Gasteiger partial charge on any atom is -0.469 e. The molecule has 1 heterocycles. The van der Waals surface area contributed by atoms with Crippen LogP contribution in [-0.4, -0.2) is 23.0 Å². The molecule has 0 saturated heterocycles. The zero-order chi connectivity index (χ0) is 18.0. The van der Waals surface area contributed by atoms with Gasteiger partial charge in [-0.2, -0.15) is 0 Å². The SMILES string of the molecule is COC(=O)C(C)c1ccc(Oc2cnc3cc(Cl)c(Cl)cc3n2)cc1. The van der Waals surface area contributed by atoms with Gasteiger partial charge in [-0.1, -0.05) is 35.3 Å². The van der Waals surface area contributed by atoms with Gasteiger partial charge in [0.2, 0.25) is 5.88 Å². The van der Waals surface area contributed by atoms with E-state index in [0.717, 1.165) is 5.56 Å². The van der Waals surface area contributed by atoms with Crippen LogP contribution in [0.2, 0.25) is 10.0 Å². The summed E-state index contributed by atoms with van der Waals surface area (Å²) >= 11 is 12.0. The monoisotopic (exact) mass is 376 g/mol. The van der Waals surface area contributed by atoms with Gasteiger partial charge in [0.15, 0.2) is 0 Å². The van der Waals surface area contributed by atoms with E-state index >= 15 is 0 Å². The average molecular weight is 377 g/mol. The number of ether oxygens (including phenoxy) is 2. The van der Waals surface area contributed by atoms with Crippen molar-refractivity contribution in [1.82, 2.24) is 9.97 Å². The largest absolute Gasteiger partial charge is 0.469 e. The zero-order valence-corrected chi connectivity index (χ0v) is 15.0. The molecule has 3 rings (SSSR count). The number of hydrogen-bond donors (Lipinski definition) is 0. The fourth-order valence-corrected chi connectivity index (χ4v) is 2.61. The van der Waals surface area contributed by atoms with E-state index in [-0.39, 0.29) is 11.9 Å². The summed E-state index contributed by atoms with van der Waals surface area (Å²) in [6.45, 7) is 1.78. The Morgan fingerprint density at radius 1 is 1.08 bits per heavy atom. The molecule has 0 bridgehead atoms. The molecular weight excluding hydrogens is 363 g/mol. The van der Waals surface area contributed by atoms with Gasteiger partial charge in [-0.3, -0.25) is 4.79 Å². The van der Waals surface area contributed by atoms with Crippen LogP contribution in [0.5, 0.6) is 11.6 Å². The van der Waals surface area contributed by atoms with Gasteiger partial charge in [-0.25, -0.2) is 9.97 Å². The van der Waals surface area contributed by atoms with E-state index in [9.17, 15) is 4.79 Å². The fraction of sp³-hybridized carbons (Fsp3) is 0.167. The summed E-state index contributed by atoms with van der Waals surface area (Å²) in [7, 11) is 1.37. The molecule has 3 aromatic rings. The highest BCUT2D eigenvalue weighted by atomic mass is 35.5. The second-order valence-electron chi connectivity index (χ2n) is 5.38. The minimum atomic E-state index is -0.341. The Kier molecular flexibility index (Phi) is 5.06. The second-order valence-corrected chi connectivity index (χ2v) is 6.19. The van der Waals surface area contributed by atoms with Crippen LogP contribution < -0.4 is 4.74 Å². The maximum absolute atomic E-state index is 11.6. The number of hydrogen-bond acceptors (Lipinski definition) is 5. The number of esters is 1. The van der Waals surface area contributed by atoms with Crippen molar-refractivity contribution in [3.8, 4) is 11.6 Å². The molecule has 5 nitrogen and oxygen atoms in total. The third-order valence-electron chi connectivity index (χ3n) is 3.72. The summed E-state index contributed by atoms with van der Waals surface area (Å²) < 4.78 is 10.5. The molecule has 0 aliphatic heterocycles. The predicted octanol–water partition coefficient (Wildman–Crippen LogP) is 5.01. The van der Waals surface area contributed by atoms with E-state index in [1.165, 1.54) is 13.3 Å². The second kappa shape index (κ2) is 7.25. The van der Waals surface area contributed by atoms with E-state index in [4.69, 9.17) is 32.7 Å². The Balaban J connectivity index is 1.81. The molecule has 0 aliphatic carbocycles. The van der Waals surface area contributed by atoms with Crippen LogP contribution in [0.1, 0.15) is 18.4 Å². The molecule has 0 fully saturated rings. The first kappa shape index (κ1) is 17.5. The lowest BCUT2D eigenvalue weighted by Crippen LogP contribution is -2.10. The summed E-state index contributed by atoms with van der Waals surface area (Å²) in [5, 5.41) is 0.828. The molecule has 1 aromatic heterocycles. The lowest BCUT2D eigenvalue weighted by Gasteiger charge is -2.10. The average Bonchev–Trinajstić information content (AvgIpc) is 2.62. The summed E-state index contributed by atoms with van der Waals surface area (Å²) in [4.78, 5) is 20.2. The van der Waals surface area contributed by atoms with E-state index in [1.807, 2.05) is 12.1 Å². The van der Waals surface area contributed by atoms with Crippen molar-refractivity contribution in [2.24, 2.45) is 0 Å². The van der Waals surface area contributed by atoms with Gasteiger partial charge < -0.3 is 9.47 Å². The highest BCUT2D eigenvalue weighted by Crippen LogP contribution is 2.28. The first-order valence-electron chi connectivity index (χ1n) is 7.45. The van der Waals surface area contributed by atoms with Crippen molar-refractivity contribution in [3.63, 3.8) is 0 Å². The number of fused-ring (bicyclic) bond motifs is 1. The molecule has 2 aromatic carbocycles. The standard InChI is InChI=1S/C18H14Cl2N2O3/c1-10(18(23)24-2)11-3-5-12(6-4-11)25-17-9-21-15-7-13(19)14(20)8-16(15)22-17/h3-10H,1-2H3. The van der Waals surface area contributed by atoms with Crippen LogP contribution in [0.15, 0.2) is 42.6 Å². The zero-order valence-electron chi connectivity index (χ0n) is 13.5. The molecular formula is C18H14Cl2N2O3. The molecule has 7 heteroatoms. The molecule has 0 spiro atoms. The maximum atomic E-state index is 11.6. The van der Waals surface area contributed by atoms with E-state index < -0.39 is 0 Å². The Labute approximate surface area is 154 Å². The lowest BCUT2D eigenvalue weighted by atomic mass is 10.0. The highest BCUT2D eigenvalue weighted by molar-refractivity contribution is 6.42. The molecule has 0 radical (unpaired) electrons. The van der Waals surface area contributed by atoms with Crippen molar-refractivity contribution in [2.45, 2.75) is 12.8 Å². The number of rotatable bonds is 4. The van der Waals surface area contributed by atoms with Crippen molar-refractivity contribution in [1.29, 1.82) is 0 Å². The Morgan fingerprint density at radius 3 is 2.36 bits per heavy atom. The molecule has 1 unspecified atom stereocenters. The molecule has 0 saturated carbocycles. The summed E-state index contributed by atoms with van der Waals surface area (Å²) in [6.07, 6.45) is 1.51. The number of carbonyl (C=O) groups is 1.